The molecule has 2 unspecified atom stereocenters. The Bertz CT molecular complexity index is 389. The van der Waals surface area contributed by atoms with Crippen molar-refractivity contribution in [2.45, 2.75) is 12.7 Å². The van der Waals surface area contributed by atoms with Crippen molar-refractivity contribution in [1.82, 2.24) is 0 Å². The van der Waals surface area contributed by atoms with E-state index in [9.17, 15) is 13.4 Å². The molecule has 0 fully saturated rings. The molecule has 1 N–H and O–H groups in total. The molecular weight excluding hydrogens is 231 g/mol. The first kappa shape index (κ1) is 12.8. The van der Waals surface area contributed by atoms with E-state index in [4.69, 9.17) is 5.11 Å². The van der Waals surface area contributed by atoms with E-state index in [0.29, 0.717) is 0 Å². The second kappa shape index (κ2) is 5.75. The van der Waals surface area contributed by atoms with Crippen LogP contribution in [0.3, 0.4) is 0 Å². The number of carbonyl (C=O) groups is 1. The Hall–Kier alpha value is -1.23. The Balaban J connectivity index is 2.52. The van der Waals surface area contributed by atoms with Gasteiger partial charge in [0.2, 0.25) is 0 Å². The van der Waals surface area contributed by atoms with Crippen LogP contribution in [-0.4, -0.2) is 21.0 Å². The lowest BCUT2D eigenvalue weighted by Gasteiger charge is -2.06. The smallest absolute Gasteiger partial charge is 0.307 e. The van der Waals surface area contributed by atoms with Crippen LogP contribution in [0.2, 0.25) is 0 Å². The highest BCUT2D eigenvalue weighted by atomic mass is 32.2. The minimum absolute atomic E-state index is 0.118. The summed E-state index contributed by atoms with van der Waals surface area (Å²) in [5, 5.41) is 8.65. The molecule has 16 heavy (non-hydrogen) atoms. The summed E-state index contributed by atoms with van der Waals surface area (Å²) in [5.74, 6) is -1.54. The van der Waals surface area contributed by atoms with Crippen LogP contribution in [0.5, 0.6) is 0 Å². The number of hydrogen-bond acceptors (Lipinski definition) is 2. The van der Waals surface area contributed by atoms with Crippen molar-refractivity contribution < 1.29 is 18.5 Å². The summed E-state index contributed by atoms with van der Waals surface area (Å²) in [4.78, 5) is 10.5. The fraction of sp³-hybridized carbons (Fsp3) is 0.364. The van der Waals surface area contributed by atoms with Crippen LogP contribution >= 0.6 is 0 Å². The Morgan fingerprint density at radius 3 is 2.50 bits per heavy atom. The molecule has 0 saturated carbocycles. The van der Waals surface area contributed by atoms with E-state index in [-0.39, 0.29) is 17.3 Å². The zero-order valence-corrected chi connectivity index (χ0v) is 9.67. The van der Waals surface area contributed by atoms with Crippen LogP contribution in [0, 0.1) is 11.7 Å². The second-order valence-corrected chi connectivity index (χ2v) is 5.12. The fourth-order valence-corrected chi connectivity index (χ4v) is 2.56. The van der Waals surface area contributed by atoms with Gasteiger partial charge >= 0.3 is 5.97 Å². The maximum atomic E-state index is 12.6. The third-order valence-corrected chi connectivity index (χ3v) is 3.63. The molecule has 0 aliphatic carbocycles. The molecule has 1 rings (SSSR count). The van der Waals surface area contributed by atoms with Gasteiger partial charge in [0.1, 0.15) is 5.82 Å². The van der Waals surface area contributed by atoms with E-state index in [1.807, 2.05) is 0 Å². The summed E-state index contributed by atoms with van der Waals surface area (Å²) in [6, 6.07) is 5.71. The molecule has 0 saturated heterocycles. The first-order chi connectivity index (χ1) is 7.49. The third kappa shape index (κ3) is 4.10. The van der Waals surface area contributed by atoms with Gasteiger partial charge in [-0.25, -0.2) is 4.39 Å². The number of halogens is 1. The maximum absolute atomic E-state index is 12.6. The molecule has 0 aliphatic rings. The molecular formula is C11H13FO3S. The minimum Gasteiger partial charge on any atom is -0.481 e. The first-order valence-corrected chi connectivity index (χ1v) is 6.30. The van der Waals surface area contributed by atoms with Gasteiger partial charge in [0.15, 0.2) is 0 Å². The highest BCUT2D eigenvalue weighted by molar-refractivity contribution is 7.84. The van der Waals surface area contributed by atoms with Gasteiger partial charge in [0.25, 0.3) is 0 Å². The van der Waals surface area contributed by atoms with Crippen molar-refractivity contribution in [3.63, 3.8) is 0 Å². The summed E-state index contributed by atoms with van der Waals surface area (Å²) in [5.41, 5.74) is 0.748. The summed E-state index contributed by atoms with van der Waals surface area (Å²) in [6.45, 7) is 1.52. The molecule has 0 amide bonds. The molecule has 1 aromatic rings. The quantitative estimate of drug-likeness (QED) is 0.859. The summed E-state index contributed by atoms with van der Waals surface area (Å²) in [6.07, 6.45) is 0. The van der Waals surface area contributed by atoms with E-state index in [2.05, 4.69) is 0 Å². The van der Waals surface area contributed by atoms with Gasteiger partial charge in [-0.15, -0.1) is 0 Å². The van der Waals surface area contributed by atoms with Gasteiger partial charge in [0.05, 0.1) is 5.92 Å². The molecule has 3 nitrogen and oxygen atoms in total. The Morgan fingerprint density at radius 2 is 2.00 bits per heavy atom. The topological polar surface area (TPSA) is 54.4 Å². The maximum Gasteiger partial charge on any atom is 0.307 e. The predicted octanol–water partition coefficient (Wildman–Crippen LogP) is 1.80. The van der Waals surface area contributed by atoms with Gasteiger partial charge in [-0.3, -0.25) is 9.00 Å². The van der Waals surface area contributed by atoms with Crippen LogP contribution in [0.4, 0.5) is 4.39 Å². The molecule has 0 radical (unpaired) electrons. The highest BCUT2D eigenvalue weighted by Gasteiger charge is 2.14. The monoisotopic (exact) mass is 244 g/mol. The number of carboxylic acid groups (broad SMARTS) is 1. The molecule has 0 bridgehead atoms. The number of hydrogen-bond donors (Lipinski definition) is 1. The SMILES string of the molecule is CC(CS(=O)Cc1ccc(F)cc1)C(=O)O. The number of aliphatic carboxylic acids is 1. The zero-order valence-electron chi connectivity index (χ0n) is 8.85. The highest BCUT2D eigenvalue weighted by Crippen LogP contribution is 2.08. The van der Waals surface area contributed by atoms with Crippen LogP contribution in [0.15, 0.2) is 24.3 Å². The van der Waals surface area contributed by atoms with E-state index in [1.54, 1.807) is 12.1 Å². The molecule has 1 aromatic carbocycles. The van der Waals surface area contributed by atoms with Gasteiger partial charge < -0.3 is 5.11 Å². The van der Waals surface area contributed by atoms with E-state index in [1.165, 1.54) is 19.1 Å². The van der Waals surface area contributed by atoms with E-state index < -0.39 is 22.7 Å². The normalized spacial score (nSPS) is 14.4. The second-order valence-electron chi connectivity index (χ2n) is 3.62. The Morgan fingerprint density at radius 1 is 1.44 bits per heavy atom. The van der Waals surface area contributed by atoms with E-state index >= 15 is 0 Å². The van der Waals surface area contributed by atoms with Crippen molar-refractivity contribution in [3.8, 4) is 0 Å². The number of rotatable bonds is 5. The van der Waals surface area contributed by atoms with Crippen LogP contribution in [0.25, 0.3) is 0 Å². The minimum atomic E-state index is -1.23. The van der Waals surface area contributed by atoms with Gasteiger partial charge in [-0.05, 0) is 17.7 Å². The third-order valence-electron chi connectivity index (χ3n) is 2.10. The van der Waals surface area contributed by atoms with Crippen LogP contribution in [-0.2, 0) is 21.3 Å². The summed E-state index contributed by atoms with van der Waals surface area (Å²) >= 11 is 0. The summed E-state index contributed by atoms with van der Waals surface area (Å²) in [7, 11) is -1.23. The van der Waals surface area contributed by atoms with Gasteiger partial charge in [-0.2, -0.15) is 0 Å². The van der Waals surface area contributed by atoms with Crippen molar-refractivity contribution in [3.05, 3.63) is 35.6 Å². The van der Waals surface area contributed by atoms with Gasteiger partial charge in [0, 0.05) is 22.3 Å². The van der Waals surface area contributed by atoms with E-state index in [0.717, 1.165) is 5.56 Å². The van der Waals surface area contributed by atoms with Gasteiger partial charge in [-0.1, -0.05) is 19.1 Å². The lowest BCUT2D eigenvalue weighted by molar-refractivity contribution is -0.140. The Labute approximate surface area is 95.8 Å². The summed E-state index contributed by atoms with van der Waals surface area (Å²) < 4.78 is 24.2. The average Bonchev–Trinajstić information content (AvgIpc) is 2.21. The Kier molecular flexibility index (Phi) is 4.61. The lowest BCUT2D eigenvalue weighted by Crippen LogP contribution is -2.18. The average molecular weight is 244 g/mol. The van der Waals surface area contributed by atoms with Crippen LogP contribution < -0.4 is 0 Å². The predicted molar refractivity (Wildman–Crippen MR) is 59.9 cm³/mol. The van der Waals surface area contributed by atoms with Crippen molar-refractivity contribution in [1.29, 1.82) is 0 Å². The zero-order chi connectivity index (χ0) is 12.1. The van der Waals surface area contributed by atoms with Crippen LogP contribution in [0.1, 0.15) is 12.5 Å². The molecule has 0 aliphatic heterocycles. The molecule has 0 aromatic heterocycles. The fourth-order valence-electron chi connectivity index (χ4n) is 1.18. The molecule has 5 heteroatoms. The van der Waals surface area contributed by atoms with Crippen molar-refractivity contribution in [2.75, 3.05) is 5.75 Å². The largest absolute Gasteiger partial charge is 0.481 e. The lowest BCUT2D eigenvalue weighted by atomic mass is 10.2. The first-order valence-electron chi connectivity index (χ1n) is 4.81. The van der Waals surface area contributed by atoms with Crippen molar-refractivity contribution >= 4 is 16.8 Å². The standard InChI is InChI=1S/C11H13FO3S/c1-8(11(13)14)6-16(15)7-9-2-4-10(12)5-3-9/h2-5,8H,6-7H2,1H3,(H,13,14). The number of benzene rings is 1. The molecule has 88 valence electrons. The number of carboxylic acids is 1. The molecule has 0 heterocycles. The molecule has 0 spiro atoms. The van der Waals surface area contributed by atoms with Crippen molar-refractivity contribution in [2.24, 2.45) is 5.92 Å². The molecule has 2 atom stereocenters.